The van der Waals surface area contributed by atoms with Gasteiger partial charge in [0.25, 0.3) is 11.6 Å². The van der Waals surface area contributed by atoms with Crippen molar-refractivity contribution >= 4 is 34.9 Å². The summed E-state index contributed by atoms with van der Waals surface area (Å²) >= 11 is 5.77. The molecule has 1 aliphatic rings. The molecule has 3 rings (SSSR count). The number of aryl methyl sites for hydroxylation is 1. The van der Waals surface area contributed by atoms with Gasteiger partial charge in [0.2, 0.25) is 0 Å². The number of non-ortho nitro benzene ring substituents is 1. The van der Waals surface area contributed by atoms with Crippen LogP contribution >= 0.6 is 11.6 Å². The quantitative estimate of drug-likeness (QED) is 0.465. The highest BCUT2D eigenvalue weighted by atomic mass is 35.5. The Kier molecular flexibility index (Phi) is 5.18. The molecule has 0 saturated carbocycles. The minimum absolute atomic E-state index is 0.00721. The second-order valence-corrected chi connectivity index (χ2v) is 6.24. The Labute approximate surface area is 154 Å². The number of hydrogen-bond acceptors (Lipinski definition) is 5. The standard InChI is InChI=1S/C18H15ClN2O5/c19-14-5-3-12(4-6-14)18(23)26-11-17(22)20-9-1-2-13-10-15(21(24)25)7-8-16(13)20/h3-8,10H,1-2,9,11H2. The lowest BCUT2D eigenvalue weighted by Gasteiger charge is -2.29. The maximum Gasteiger partial charge on any atom is 0.338 e. The molecular weight excluding hydrogens is 360 g/mol. The maximum atomic E-state index is 12.5. The maximum absolute atomic E-state index is 12.5. The van der Waals surface area contributed by atoms with Crippen LogP contribution in [0.3, 0.4) is 0 Å². The van der Waals surface area contributed by atoms with E-state index in [1.807, 2.05) is 0 Å². The molecular formula is C18H15ClN2O5. The molecule has 0 fully saturated rings. The van der Waals surface area contributed by atoms with E-state index in [9.17, 15) is 19.7 Å². The van der Waals surface area contributed by atoms with Gasteiger partial charge in [-0.2, -0.15) is 0 Å². The van der Waals surface area contributed by atoms with Crippen LogP contribution in [0.5, 0.6) is 0 Å². The zero-order chi connectivity index (χ0) is 18.7. The minimum Gasteiger partial charge on any atom is -0.452 e. The molecule has 0 bridgehead atoms. The van der Waals surface area contributed by atoms with E-state index >= 15 is 0 Å². The van der Waals surface area contributed by atoms with Gasteiger partial charge in [0.05, 0.1) is 10.5 Å². The summed E-state index contributed by atoms with van der Waals surface area (Å²) in [6, 6.07) is 10.6. The first kappa shape index (κ1) is 17.9. The number of anilines is 1. The average molecular weight is 375 g/mol. The van der Waals surface area contributed by atoms with Gasteiger partial charge in [0.1, 0.15) is 0 Å². The van der Waals surface area contributed by atoms with Gasteiger partial charge in [-0.05, 0) is 48.7 Å². The fourth-order valence-corrected chi connectivity index (χ4v) is 2.96. The predicted molar refractivity (Wildman–Crippen MR) is 95.5 cm³/mol. The molecule has 0 radical (unpaired) electrons. The molecule has 0 spiro atoms. The van der Waals surface area contributed by atoms with E-state index in [2.05, 4.69) is 0 Å². The van der Waals surface area contributed by atoms with Crippen molar-refractivity contribution in [1.82, 2.24) is 0 Å². The molecule has 0 N–H and O–H groups in total. The normalized spacial score (nSPS) is 13.0. The number of amides is 1. The summed E-state index contributed by atoms with van der Waals surface area (Å²) < 4.78 is 5.08. The molecule has 8 heteroatoms. The largest absolute Gasteiger partial charge is 0.452 e. The molecule has 0 aromatic heterocycles. The fraction of sp³-hybridized carbons (Fsp3) is 0.222. The summed E-state index contributed by atoms with van der Waals surface area (Å²) in [5.41, 5.74) is 1.65. The van der Waals surface area contributed by atoms with Crippen molar-refractivity contribution in [2.45, 2.75) is 12.8 Å². The number of rotatable bonds is 4. The van der Waals surface area contributed by atoms with Crippen molar-refractivity contribution in [3.05, 3.63) is 68.7 Å². The summed E-state index contributed by atoms with van der Waals surface area (Å²) in [7, 11) is 0. The van der Waals surface area contributed by atoms with Gasteiger partial charge in [0, 0.05) is 29.4 Å². The molecule has 1 amide bonds. The molecule has 26 heavy (non-hydrogen) atoms. The molecule has 0 unspecified atom stereocenters. The van der Waals surface area contributed by atoms with Crippen LogP contribution < -0.4 is 4.90 Å². The van der Waals surface area contributed by atoms with Crippen molar-refractivity contribution in [1.29, 1.82) is 0 Å². The molecule has 7 nitrogen and oxygen atoms in total. The van der Waals surface area contributed by atoms with E-state index in [-0.39, 0.29) is 11.6 Å². The van der Waals surface area contributed by atoms with Crippen molar-refractivity contribution in [3.63, 3.8) is 0 Å². The summed E-state index contributed by atoms with van der Waals surface area (Å²) in [5, 5.41) is 11.4. The molecule has 0 aliphatic carbocycles. The number of carbonyl (C=O) groups excluding carboxylic acids is 2. The monoisotopic (exact) mass is 374 g/mol. The van der Waals surface area contributed by atoms with Gasteiger partial charge >= 0.3 is 5.97 Å². The van der Waals surface area contributed by atoms with Crippen molar-refractivity contribution in [3.8, 4) is 0 Å². The van der Waals surface area contributed by atoms with Crippen molar-refractivity contribution in [2.75, 3.05) is 18.1 Å². The fourth-order valence-electron chi connectivity index (χ4n) is 2.83. The lowest BCUT2D eigenvalue weighted by atomic mass is 10.0. The van der Waals surface area contributed by atoms with Gasteiger partial charge in [-0.25, -0.2) is 4.79 Å². The Morgan fingerprint density at radius 1 is 1.19 bits per heavy atom. The van der Waals surface area contributed by atoms with Crippen molar-refractivity contribution in [2.24, 2.45) is 0 Å². The number of fused-ring (bicyclic) bond motifs is 1. The Bertz CT molecular complexity index is 866. The first-order chi connectivity index (χ1) is 12.5. The highest BCUT2D eigenvalue weighted by Crippen LogP contribution is 2.30. The number of nitrogens with zero attached hydrogens (tertiary/aromatic N) is 2. The van der Waals surface area contributed by atoms with Gasteiger partial charge < -0.3 is 9.64 Å². The highest BCUT2D eigenvalue weighted by molar-refractivity contribution is 6.30. The smallest absolute Gasteiger partial charge is 0.338 e. The number of halogens is 1. The topological polar surface area (TPSA) is 89.8 Å². The van der Waals surface area contributed by atoms with E-state index in [0.717, 1.165) is 5.56 Å². The van der Waals surface area contributed by atoms with Crippen LogP contribution in [-0.4, -0.2) is 30.0 Å². The number of nitro benzene ring substituents is 1. The van der Waals surface area contributed by atoms with E-state index in [1.165, 1.54) is 29.2 Å². The Morgan fingerprint density at radius 2 is 1.92 bits per heavy atom. The second-order valence-electron chi connectivity index (χ2n) is 5.80. The van der Waals surface area contributed by atoms with Gasteiger partial charge in [-0.3, -0.25) is 14.9 Å². The van der Waals surface area contributed by atoms with Crippen molar-refractivity contribution < 1.29 is 19.2 Å². The first-order valence-corrected chi connectivity index (χ1v) is 8.34. The Hall–Kier alpha value is -2.93. The van der Waals surface area contributed by atoms with Crippen LogP contribution in [0.2, 0.25) is 5.02 Å². The third-order valence-corrected chi connectivity index (χ3v) is 4.35. The van der Waals surface area contributed by atoms with Gasteiger partial charge in [-0.1, -0.05) is 11.6 Å². The number of esters is 1. The van der Waals surface area contributed by atoms with Gasteiger partial charge in [0.15, 0.2) is 6.61 Å². The summed E-state index contributed by atoms with van der Waals surface area (Å²) in [6.45, 7) is 0.0695. The molecule has 1 heterocycles. The second kappa shape index (κ2) is 7.53. The lowest BCUT2D eigenvalue weighted by molar-refractivity contribution is -0.384. The third-order valence-electron chi connectivity index (χ3n) is 4.10. The molecule has 1 aliphatic heterocycles. The lowest BCUT2D eigenvalue weighted by Crippen LogP contribution is -2.38. The van der Waals surface area contributed by atoms with Crippen LogP contribution in [0.4, 0.5) is 11.4 Å². The van der Waals surface area contributed by atoms with E-state index in [0.29, 0.717) is 35.7 Å². The number of nitro groups is 1. The van der Waals surface area contributed by atoms with E-state index in [1.54, 1.807) is 18.2 Å². The van der Waals surface area contributed by atoms with Crippen LogP contribution in [0.1, 0.15) is 22.3 Å². The van der Waals surface area contributed by atoms with E-state index < -0.39 is 17.5 Å². The number of ether oxygens (including phenoxy) is 1. The third kappa shape index (κ3) is 3.83. The van der Waals surface area contributed by atoms with Crippen LogP contribution in [-0.2, 0) is 16.0 Å². The zero-order valence-corrected chi connectivity index (χ0v) is 14.4. The van der Waals surface area contributed by atoms with Gasteiger partial charge in [-0.15, -0.1) is 0 Å². The summed E-state index contributed by atoms with van der Waals surface area (Å²) in [6.07, 6.45) is 1.34. The molecule has 2 aromatic rings. The minimum atomic E-state index is -0.615. The Balaban J connectivity index is 1.68. The zero-order valence-electron chi connectivity index (χ0n) is 13.7. The number of carbonyl (C=O) groups is 2. The number of benzene rings is 2. The number of hydrogen-bond donors (Lipinski definition) is 0. The highest BCUT2D eigenvalue weighted by Gasteiger charge is 2.25. The molecule has 134 valence electrons. The summed E-state index contributed by atoms with van der Waals surface area (Å²) in [4.78, 5) is 36.4. The predicted octanol–water partition coefficient (Wildman–Crippen LogP) is 3.38. The van der Waals surface area contributed by atoms with Crippen LogP contribution in [0.25, 0.3) is 0 Å². The van der Waals surface area contributed by atoms with Crippen LogP contribution in [0.15, 0.2) is 42.5 Å². The molecule has 0 atom stereocenters. The molecule has 2 aromatic carbocycles. The Morgan fingerprint density at radius 3 is 2.62 bits per heavy atom. The SMILES string of the molecule is O=C(OCC(=O)N1CCCc2cc([N+](=O)[O-])ccc21)c1ccc(Cl)cc1. The first-order valence-electron chi connectivity index (χ1n) is 7.96. The van der Waals surface area contributed by atoms with E-state index in [4.69, 9.17) is 16.3 Å². The molecule has 0 saturated heterocycles. The average Bonchev–Trinajstić information content (AvgIpc) is 2.65. The van der Waals surface area contributed by atoms with Crippen LogP contribution in [0, 0.1) is 10.1 Å². The summed E-state index contributed by atoms with van der Waals surface area (Å²) in [5.74, 6) is -0.988.